The van der Waals surface area contributed by atoms with E-state index in [-0.39, 0.29) is 16.6 Å². The van der Waals surface area contributed by atoms with Crippen molar-refractivity contribution in [2.45, 2.75) is 12.1 Å². The van der Waals surface area contributed by atoms with Gasteiger partial charge in [-0.15, -0.1) is 0 Å². The molecule has 0 saturated carbocycles. The number of aromatic amines is 1. The number of benzene rings is 1. The highest BCUT2D eigenvalue weighted by Gasteiger charge is 2.47. The van der Waals surface area contributed by atoms with Crippen LogP contribution in [0.5, 0.6) is 0 Å². The molecular formula is C11H9F3N2O2. The van der Waals surface area contributed by atoms with Gasteiger partial charge in [-0.2, -0.15) is 13.2 Å². The molecule has 96 valence electrons. The van der Waals surface area contributed by atoms with Crippen molar-refractivity contribution in [1.82, 2.24) is 4.98 Å². The summed E-state index contributed by atoms with van der Waals surface area (Å²) in [5.74, 6) is -4.50. The first-order chi connectivity index (χ1) is 8.30. The Hall–Kier alpha value is -2.18. The van der Waals surface area contributed by atoms with Gasteiger partial charge in [-0.05, 0) is 18.2 Å². The number of carboxylic acid groups (broad SMARTS) is 1. The Balaban J connectivity index is 2.65. The highest BCUT2D eigenvalue weighted by atomic mass is 19.4. The number of carbonyl (C=O) groups is 1. The second kappa shape index (κ2) is 3.94. The molecule has 1 atom stereocenters. The number of nitrogens with one attached hydrogen (secondary N) is 1. The van der Waals surface area contributed by atoms with Gasteiger partial charge in [-0.25, -0.2) is 0 Å². The number of fused-ring (bicyclic) bond motifs is 1. The molecule has 4 N–H and O–H groups in total. The van der Waals surface area contributed by atoms with Gasteiger partial charge in [0.2, 0.25) is 0 Å². The number of alkyl halides is 3. The fraction of sp³-hybridized carbons (Fsp3) is 0.182. The summed E-state index contributed by atoms with van der Waals surface area (Å²) in [6.45, 7) is 0. The predicted octanol–water partition coefficient (Wildman–Crippen LogP) is 2.48. The maximum atomic E-state index is 12.7. The zero-order valence-electron chi connectivity index (χ0n) is 8.95. The first kappa shape index (κ1) is 12.3. The Kier molecular flexibility index (Phi) is 2.68. The van der Waals surface area contributed by atoms with Gasteiger partial charge in [0.1, 0.15) is 0 Å². The zero-order chi connectivity index (χ0) is 13.5. The number of hydrogen-bond acceptors (Lipinski definition) is 2. The van der Waals surface area contributed by atoms with Gasteiger partial charge >= 0.3 is 12.1 Å². The van der Waals surface area contributed by atoms with Gasteiger partial charge in [0.05, 0.1) is 0 Å². The van der Waals surface area contributed by atoms with E-state index in [9.17, 15) is 18.0 Å². The predicted molar refractivity (Wildman–Crippen MR) is 59.1 cm³/mol. The third kappa shape index (κ3) is 1.99. The van der Waals surface area contributed by atoms with Crippen LogP contribution in [-0.4, -0.2) is 22.2 Å². The molecule has 4 nitrogen and oxygen atoms in total. The molecule has 0 bridgehead atoms. The summed E-state index contributed by atoms with van der Waals surface area (Å²) in [5.41, 5.74) is 5.84. The molecule has 2 rings (SSSR count). The molecular weight excluding hydrogens is 249 g/mol. The molecule has 7 heteroatoms. The summed E-state index contributed by atoms with van der Waals surface area (Å²) in [4.78, 5) is 13.4. The van der Waals surface area contributed by atoms with Crippen LogP contribution in [0, 0.1) is 0 Å². The highest BCUT2D eigenvalue weighted by molar-refractivity contribution is 5.91. The van der Waals surface area contributed by atoms with Crippen molar-refractivity contribution in [2.75, 3.05) is 5.73 Å². The van der Waals surface area contributed by atoms with Gasteiger partial charge in [-0.1, -0.05) is 0 Å². The van der Waals surface area contributed by atoms with Crippen LogP contribution < -0.4 is 5.73 Å². The van der Waals surface area contributed by atoms with Crippen molar-refractivity contribution < 1.29 is 23.1 Å². The lowest BCUT2D eigenvalue weighted by Crippen LogP contribution is -2.28. The van der Waals surface area contributed by atoms with E-state index in [2.05, 4.69) is 4.98 Å². The molecule has 1 aromatic heterocycles. The SMILES string of the molecule is Nc1ccc2[nH]cc(C(C(=O)O)C(F)(F)F)c2c1. The molecule has 0 saturated heterocycles. The first-order valence-corrected chi connectivity index (χ1v) is 4.96. The van der Waals surface area contributed by atoms with Crippen LogP contribution in [0.25, 0.3) is 10.9 Å². The van der Waals surface area contributed by atoms with E-state index in [0.717, 1.165) is 6.20 Å². The number of aliphatic carboxylic acids is 1. The topological polar surface area (TPSA) is 79.1 Å². The third-order valence-corrected chi connectivity index (χ3v) is 2.62. The lowest BCUT2D eigenvalue weighted by molar-refractivity contribution is -0.176. The van der Waals surface area contributed by atoms with E-state index in [1.54, 1.807) is 0 Å². The standard InChI is InChI=1S/C11H9F3N2O2/c12-11(13,14)9(10(17)18)7-4-16-8-2-1-5(15)3-6(7)8/h1-4,9,16H,15H2,(H,17,18). The first-order valence-electron chi connectivity index (χ1n) is 4.96. The number of hydrogen-bond donors (Lipinski definition) is 3. The van der Waals surface area contributed by atoms with Gasteiger partial charge in [0.25, 0.3) is 0 Å². The van der Waals surface area contributed by atoms with Crippen LogP contribution in [0.2, 0.25) is 0 Å². The summed E-state index contributed by atoms with van der Waals surface area (Å²) in [7, 11) is 0. The molecule has 0 fully saturated rings. The summed E-state index contributed by atoms with van der Waals surface area (Å²) < 4.78 is 38.2. The maximum absolute atomic E-state index is 12.7. The molecule has 0 radical (unpaired) electrons. The molecule has 0 spiro atoms. The van der Waals surface area contributed by atoms with E-state index >= 15 is 0 Å². The third-order valence-electron chi connectivity index (χ3n) is 2.62. The second-order valence-corrected chi connectivity index (χ2v) is 3.86. The molecule has 0 amide bonds. The number of carboxylic acids is 1. The number of nitrogen functional groups attached to an aromatic ring is 1. The van der Waals surface area contributed by atoms with Crippen molar-refractivity contribution in [2.24, 2.45) is 0 Å². The van der Waals surface area contributed by atoms with Gasteiger partial charge in [0, 0.05) is 28.4 Å². The average Bonchev–Trinajstić information content (AvgIpc) is 2.59. The van der Waals surface area contributed by atoms with Crippen molar-refractivity contribution in [3.8, 4) is 0 Å². The minimum atomic E-state index is -4.86. The molecule has 2 aromatic rings. The Morgan fingerprint density at radius 1 is 1.39 bits per heavy atom. The quantitative estimate of drug-likeness (QED) is 0.724. The van der Waals surface area contributed by atoms with E-state index in [0.29, 0.717) is 5.52 Å². The van der Waals surface area contributed by atoms with E-state index in [1.165, 1.54) is 18.2 Å². The van der Waals surface area contributed by atoms with Crippen LogP contribution >= 0.6 is 0 Å². The van der Waals surface area contributed by atoms with Crippen molar-refractivity contribution in [3.63, 3.8) is 0 Å². The molecule has 1 aromatic carbocycles. The van der Waals surface area contributed by atoms with Crippen LogP contribution in [0.1, 0.15) is 11.5 Å². The van der Waals surface area contributed by atoms with Gasteiger partial charge in [0.15, 0.2) is 5.92 Å². The molecule has 0 aliphatic rings. The smallest absolute Gasteiger partial charge is 0.406 e. The molecule has 0 aliphatic heterocycles. The minimum absolute atomic E-state index is 0.166. The Labute approximate surface area is 99.2 Å². The van der Waals surface area contributed by atoms with Crippen LogP contribution in [0.3, 0.4) is 0 Å². The van der Waals surface area contributed by atoms with Crippen LogP contribution in [0.15, 0.2) is 24.4 Å². The van der Waals surface area contributed by atoms with Crippen molar-refractivity contribution in [1.29, 1.82) is 0 Å². The van der Waals surface area contributed by atoms with Gasteiger partial charge < -0.3 is 15.8 Å². The Morgan fingerprint density at radius 2 is 2.06 bits per heavy atom. The van der Waals surface area contributed by atoms with E-state index in [1.807, 2.05) is 0 Å². The lowest BCUT2D eigenvalue weighted by Gasteiger charge is -2.15. The molecule has 1 heterocycles. The molecule has 1 unspecified atom stereocenters. The highest BCUT2D eigenvalue weighted by Crippen LogP contribution is 2.38. The summed E-state index contributed by atoms with van der Waals surface area (Å²) in [5, 5.41) is 8.91. The maximum Gasteiger partial charge on any atom is 0.406 e. The Morgan fingerprint density at radius 3 is 2.61 bits per heavy atom. The summed E-state index contributed by atoms with van der Waals surface area (Å²) in [6.07, 6.45) is -3.80. The molecule has 18 heavy (non-hydrogen) atoms. The lowest BCUT2D eigenvalue weighted by atomic mass is 9.98. The number of anilines is 1. The number of rotatable bonds is 2. The largest absolute Gasteiger partial charge is 0.481 e. The second-order valence-electron chi connectivity index (χ2n) is 3.86. The summed E-state index contributed by atoms with van der Waals surface area (Å²) >= 11 is 0. The summed E-state index contributed by atoms with van der Waals surface area (Å²) in [6, 6.07) is 4.35. The minimum Gasteiger partial charge on any atom is -0.481 e. The van der Waals surface area contributed by atoms with Crippen LogP contribution in [-0.2, 0) is 4.79 Å². The molecule has 0 aliphatic carbocycles. The Bertz CT molecular complexity index is 604. The average molecular weight is 258 g/mol. The van der Waals surface area contributed by atoms with E-state index in [4.69, 9.17) is 10.8 Å². The number of H-pyrrole nitrogens is 1. The zero-order valence-corrected chi connectivity index (χ0v) is 8.95. The monoisotopic (exact) mass is 258 g/mol. The van der Waals surface area contributed by atoms with Crippen molar-refractivity contribution >= 4 is 22.6 Å². The number of nitrogens with two attached hydrogens (primary N) is 1. The fourth-order valence-corrected chi connectivity index (χ4v) is 1.85. The number of aromatic nitrogens is 1. The van der Waals surface area contributed by atoms with E-state index < -0.39 is 18.1 Å². The number of halogens is 3. The normalized spacial score (nSPS) is 13.7. The fourth-order valence-electron chi connectivity index (χ4n) is 1.85. The van der Waals surface area contributed by atoms with Crippen molar-refractivity contribution in [3.05, 3.63) is 30.0 Å². The van der Waals surface area contributed by atoms with Gasteiger partial charge in [-0.3, -0.25) is 4.79 Å². The van der Waals surface area contributed by atoms with Crippen LogP contribution in [0.4, 0.5) is 18.9 Å².